The molecule has 0 bridgehead atoms. The zero-order valence-electron chi connectivity index (χ0n) is 16.9. The average Bonchev–Trinajstić information content (AvgIpc) is 3.22. The Morgan fingerprint density at radius 2 is 1.87 bits per heavy atom. The second-order valence-electron chi connectivity index (χ2n) is 8.00. The molecule has 30 heavy (non-hydrogen) atoms. The van der Waals surface area contributed by atoms with Crippen molar-refractivity contribution < 1.29 is 9.59 Å². The number of piperidine rings is 1. The molecule has 154 valence electrons. The summed E-state index contributed by atoms with van der Waals surface area (Å²) in [5.74, 6) is 0.280. The summed E-state index contributed by atoms with van der Waals surface area (Å²) < 4.78 is 1.24. The number of hydrogen-bond acceptors (Lipinski definition) is 5. The molecule has 3 aromatic rings. The summed E-state index contributed by atoms with van der Waals surface area (Å²) in [5, 5.41) is 4.05. The topological polar surface area (TPSA) is 65.5 Å². The number of rotatable bonds is 3. The molecule has 0 saturated carbocycles. The van der Waals surface area contributed by atoms with E-state index in [-0.39, 0.29) is 24.4 Å². The van der Waals surface area contributed by atoms with E-state index < -0.39 is 0 Å². The number of nitrogens with one attached hydrogen (secondary N) is 1. The fourth-order valence-corrected chi connectivity index (χ4v) is 5.55. The maximum Gasteiger partial charge on any atom is 0.244 e. The fraction of sp³-hybridized carbons (Fsp3) is 0.348. The molecule has 2 amide bonds. The number of anilines is 2. The molecule has 0 radical (unpaired) electrons. The van der Waals surface area contributed by atoms with E-state index in [4.69, 9.17) is 4.98 Å². The molecule has 6 nitrogen and oxygen atoms in total. The van der Waals surface area contributed by atoms with E-state index in [1.165, 1.54) is 9.71 Å². The van der Waals surface area contributed by atoms with Crippen LogP contribution in [-0.2, 0) is 9.59 Å². The highest BCUT2D eigenvalue weighted by Gasteiger charge is 2.34. The second kappa shape index (κ2) is 7.81. The third-order valence-electron chi connectivity index (χ3n) is 6.13. The van der Waals surface area contributed by atoms with E-state index in [1.54, 1.807) is 16.2 Å². The molecule has 1 saturated heterocycles. The lowest BCUT2D eigenvalue weighted by Gasteiger charge is -2.38. The van der Waals surface area contributed by atoms with E-state index in [0.717, 1.165) is 37.1 Å². The van der Waals surface area contributed by atoms with Gasteiger partial charge in [-0.15, -0.1) is 11.3 Å². The molecule has 1 fully saturated rings. The Morgan fingerprint density at radius 1 is 1.13 bits per heavy atom. The summed E-state index contributed by atoms with van der Waals surface area (Å²) in [6, 6.07) is 15.5. The Hall–Kier alpha value is -2.77. The molecule has 1 unspecified atom stereocenters. The van der Waals surface area contributed by atoms with Gasteiger partial charge in [-0.2, -0.15) is 0 Å². The number of benzene rings is 2. The van der Waals surface area contributed by atoms with Crippen LogP contribution in [0.3, 0.4) is 0 Å². The normalized spacial score (nSPS) is 18.8. The van der Waals surface area contributed by atoms with E-state index in [0.29, 0.717) is 11.6 Å². The molecule has 0 spiro atoms. The van der Waals surface area contributed by atoms with Crippen molar-refractivity contribution in [1.29, 1.82) is 0 Å². The number of amides is 2. The van der Waals surface area contributed by atoms with Crippen LogP contribution in [-0.4, -0.2) is 47.4 Å². The van der Waals surface area contributed by atoms with Crippen molar-refractivity contribution in [1.82, 2.24) is 9.88 Å². The van der Waals surface area contributed by atoms with E-state index in [9.17, 15) is 9.59 Å². The lowest BCUT2D eigenvalue weighted by Crippen LogP contribution is -2.52. The minimum absolute atomic E-state index is 0.0178. The van der Waals surface area contributed by atoms with Gasteiger partial charge in [0.2, 0.25) is 11.8 Å². The van der Waals surface area contributed by atoms with E-state index >= 15 is 0 Å². The highest BCUT2D eigenvalue weighted by Crippen LogP contribution is 2.35. The Kier molecular flexibility index (Phi) is 5.00. The van der Waals surface area contributed by atoms with Gasteiger partial charge < -0.3 is 5.32 Å². The average molecular weight is 421 g/mol. The first-order valence-electron chi connectivity index (χ1n) is 10.4. The summed E-state index contributed by atoms with van der Waals surface area (Å²) in [5.41, 5.74) is 2.55. The van der Waals surface area contributed by atoms with Gasteiger partial charge in [0, 0.05) is 5.92 Å². The lowest BCUT2D eigenvalue weighted by atomic mass is 9.96. The Balaban J connectivity index is 1.27. The molecule has 1 N–H and O–H groups in total. The molecule has 0 aliphatic carbocycles. The van der Waals surface area contributed by atoms with Crippen LogP contribution in [0, 0.1) is 0 Å². The van der Waals surface area contributed by atoms with Crippen LogP contribution in [0.1, 0.15) is 30.7 Å². The molecule has 7 heteroatoms. The fourth-order valence-electron chi connectivity index (χ4n) is 4.41. The number of fused-ring (bicyclic) bond motifs is 2. The van der Waals surface area contributed by atoms with Crippen molar-refractivity contribution in [2.75, 3.05) is 29.9 Å². The summed E-state index contributed by atoms with van der Waals surface area (Å²) >= 11 is 1.79. The number of thiazole rings is 1. The first kappa shape index (κ1) is 19.2. The third-order valence-corrected chi connectivity index (χ3v) is 7.33. The molecule has 2 aromatic carbocycles. The monoisotopic (exact) mass is 420 g/mol. The molecule has 1 atom stereocenters. The molecular formula is C23H24N4O2S. The SMILES string of the molecule is CC(C(=O)N1CC(=O)Nc2ccccc21)N1CCC(c2nc3ccccc3s2)CC1. The Labute approximate surface area is 179 Å². The zero-order chi connectivity index (χ0) is 20.7. The number of likely N-dealkylation sites (tertiary alicyclic amines) is 1. The van der Waals surface area contributed by atoms with Gasteiger partial charge in [-0.3, -0.25) is 19.4 Å². The van der Waals surface area contributed by atoms with Crippen molar-refractivity contribution in [3.05, 3.63) is 53.5 Å². The van der Waals surface area contributed by atoms with Crippen LogP contribution >= 0.6 is 11.3 Å². The standard InChI is InChI=1S/C23H24N4O2S/c1-15(23(29)27-14-21(28)24-17-6-2-4-8-19(17)27)26-12-10-16(11-13-26)22-25-18-7-3-5-9-20(18)30-22/h2-9,15-16H,10-14H2,1H3,(H,24,28). The number of carbonyl (C=O) groups excluding carboxylic acids is 2. The van der Waals surface area contributed by atoms with E-state index in [1.807, 2.05) is 37.3 Å². The lowest BCUT2D eigenvalue weighted by molar-refractivity contribution is -0.125. The van der Waals surface area contributed by atoms with Crippen LogP contribution < -0.4 is 10.2 Å². The van der Waals surface area contributed by atoms with Gasteiger partial charge in [-0.25, -0.2) is 4.98 Å². The second-order valence-corrected chi connectivity index (χ2v) is 9.06. The van der Waals surface area contributed by atoms with Gasteiger partial charge >= 0.3 is 0 Å². The number of aromatic nitrogens is 1. The summed E-state index contributed by atoms with van der Waals surface area (Å²) in [4.78, 5) is 34.0. The van der Waals surface area contributed by atoms with Crippen molar-refractivity contribution in [3.63, 3.8) is 0 Å². The van der Waals surface area contributed by atoms with Crippen molar-refractivity contribution >= 4 is 44.7 Å². The molecule has 2 aliphatic heterocycles. The van der Waals surface area contributed by atoms with Gasteiger partial charge in [0.05, 0.1) is 32.6 Å². The molecular weight excluding hydrogens is 396 g/mol. The smallest absolute Gasteiger partial charge is 0.244 e. The largest absolute Gasteiger partial charge is 0.323 e. The third kappa shape index (κ3) is 3.48. The van der Waals surface area contributed by atoms with Crippen LogP contribution in [0.2, 0.25) is 0 Å². The minimum atomic E-state index is -0.264. The van der Waals surface area contributed by atoms with Crippen molar-refractivity contribution in [2.24, 2.45) is 0 Å². The minimum Gasteiger partial charge on any atom is -0.323 e. The number of carbonyl (C=O) groups is 2. The summed E-state index contributed by atoms with van der Waals surface area (Å²) in [6.45, 7) is 3.74. The first-order chi connectivity index (χ1) is 14.6. The molecule has 3 heterocycles. The number of nitrogens with zero attached hydrogens (tertiary/aromatic N) is 3. The van der Waals surface area contributed by atoms with Crippen molar-refractivity contribution in [3.8, 4) is 0 Å². The predicted molar refractivity (Wildman–Crippen MR) is 120 cm³/mol. The maximum atomic E-state index is 13.3. The Bertz CT molecular complexity index is 1070. The van der Waals surface area contributed by atoms with Crippen LogP contribution in [0.25, 0.3) is 10.2 Å². The quantitative estimate of drug-likeness (QED) is 0.699. The highest BCUT2D eigenvalue weighted by molar-refractivity contribution is 7.18. The molecule has 2 aliphatic rings. The highest BCUT2D eigenvalue weighted by atomic mass is 32.1. The van der Waals surface area contributed by atoms with Gasteiger partial charge in [0.15, 0.2) is 0 Å². The number of para-hydroxylation sites is 3. The van der Waals surface area contributed by atoms with Crippen LogP contribution in [0.5, 0.6) is 0 Å². The maximum absolute atomic E-state index is 13.3. The van der Waals surface area contributed by atoms with Gasteiger partial charge in [0.25, 0.3) is 0 Å². The zero-order valence-corrected chi connectivity index (χ0v) is 17.7. The van der Waals surface area contributed by atoms with Gasteiger partial charge in [-0.1, -0.05) is 24.3 Å². The molecule has 1 aromatic heterocycles. The predicted octanol–water partition coefficient (Wildman–Crippen LogP) is 3.85. The van der Waals surface area contributed by atoms with Crippen molar-refractivity contribution in [2.45, 2.75) is 31.7 Å². The Morgan fingerprint density at radius 3 is 2.67 bits per heavy atom. The van der Waals surface area contributed by atoms with E-state index in [2.05, 4.69) is 28.4 Å². The summed E-state index contributed by atoms with van der Waals surface area (Å²) in [7, 11) is 0. The molecule has 5 rings (SSSR count). The van der Waals surface area contributed by atoms with Crippen LogP contribution in [0.4, 0.5) is 11.4 Å². The van der Waals surface area contributed by atoms with Gasteiger partial charge in [-0.05, 0) is 57.1 Å². The summed E-state index contributed by atoms with van der Waals surface area (Å²) in [6.07, 6.45) is 1.99. The van der Waals surface area contributed by atoms with Gasteiger partial charge in [0.1, 0.15) is 6.54 Å². The van der Waals surface area contributed by atoms with Crippen LogP contribution in [0.15, 0.2) is 48.5 Å². The first-order valence-corrected chi connectivity index (χ1v) is 11.2. The number of hydrogen-bond donors (Lipinski definition) is 1.